The van der Waals surface area contributed by atoms with Crippen molar-refractivity contribution >= 4 is 37.0 Å². The van der Waals surface area contributed by atoms with Crippen molar-refractivity contribution in [3.05, 3.63) is 17.0 Å². The molecular formula is C12H16ClNO3S2. The van der Waals surface area contributed by atoms with Gasteiger partial charge in [0, 0.05) is 22.1 Å². The summed E-state index contributed by atoms with van der Waals surface area (Å²) in [4.78, 5) is 12.5. The Balaban J connectivity index is 1.87. The van der Waals surface area contributed by atoms with Crippen LogP contribution in [-0.4, -0.2) is 20.9 Å². The molecule has 1 heterocycles. The minimum Gasteiger partial charge on any atom is -0.355 e. The minimum atomic E-state index is -3.69. The molecule has 1 saturated carbocycles. The molecule has 0 unspecified atom stereocenters. The van der Waals surface area contributed by atoms with Crippen LogP contribution in [0.25, 0.3) is 0 Å². The SMILES string of the molecule is CCC1(CNC(=O)Cc2ccc(S(=O)(=O)Cl)s2)CC1. The maximum atomic E-state index is 11.8. The summed E-state index contributed by atoms with van der Waals surface area (Å²) in [5.74, 6) is -0.0694. The summed E-state index contributed by atoms with van der Waals surface area (Å²) < 4.78 is 22.3. The number of rotatable bonds is 6. The van der Waals surface area contributed by atoms with Crippen molar-refractivity contribution in [2.75, 3.05) is 6.54 Å². The molecule has 19 heavy (non-hydrogen) atoms. The van der Waals surface area contributed by atoms with Crippen LogP contribution in [-0.2, 0) is 20.3 Å². The van der Waals surface area contributed by atoms with E-state index >= 15 is 0 Å². The van der Waals surface area contributed by atoms with Crippen LogP contribution in [0.15, 0.2) is 16.3 Å². The molecule has 1 fully saturated rings. The smallest absolute Gasteiger partial charge is 0.270 e. The molecule has 0 bridgehead atoms. The summed E-state index contributed by atoms with van der Waals surface area (Å²) >= 11 is 1.04. The number of carbonyl (C=O) groups is 1. The van der Waals surface area contributed by atoms with Crippen molar-refractivity contribution in [2.45, 2.75) is 36.8 Å². The van der Waals surface area contributed by atoms with Crippen LogP contribution in [0, 0.1) is 5.41 Å². The normalized spacial score (nSPS) is 17.2. The van der Waals surface area contributed by atoms with E-state index in [1.165, 1.54) is 18.9 Å². The highest BCUT2D eigenvalue weighted by atomic mass is 35.7. The molecule has 0 spiro atoms. The fraction of sp³-hybridized carbons (Fsp3) is 0.583. The molecule has 0 radical (unpaired) electrons. The van der Waals surface area contributed by atoms with Gasteiger partial charge in [0.05, 0.1) is 6.42 Å². The van der Waals surface area contributed by atoms with Crippen LogP contribution in [0.4, 0.5) is 0 Å². The maximum absolute atomic E-state index is 11.8. The second-order valence-corrected chi connectivity index (χ2v) is 8.93. The summed E-state index contributed by atoms with van der Waals surface area (Å²) in [5, 5.41) is 2.92. The van der Waals surface area contributed by atoms with E-state index in [0.717, 1.165) is 17.8 Å². The number of hydrogen-bond acceptors (Lipinski definition) is 4. The largest absolute Gasteiger partial charge is 0.355 e. The van der Waals surface area contributed by atoms with Crippen LogP contribution >= 0.6 is 22.0 Å². The zero-order valence-corrected chi connectivity index (χ0v) is 13.0. The second kappa shape index (κ2) is 5.42. The third kappa shape index (κ3) is 3.94. The van der Waals surface area contributed by atoms with Gasteiger partial charge in [-0.3, -0.25) is 4.79 Å². The van der Waals surface area contributed by atoms with Gasteiger partial charge in [0.25, 0.3) is 9.05 Å². The molecule has 0 aliphatic heterocycles. The van der Waals surface area contributed by atoms with Crippen LogP contribution in [0.1, 0.15) is 31.1 Å². The number of hydrogen-bond donors (Lipinski definition) is 1. The van der Waals surface area contributed by atoms with Gasteiger partial charge in [0.15, 0.2) is 0 Å². The first-order valence-corrected chi connectivity index (χ1v) is 9.27. The van der Waals surface area contributed by atoms with E-state index in [9.17, 15) is 13.2 Å². The number of amides is 1. The molecule has 1 aliphatic carbocycles. The zero-order chi connectivity index (χ0) is 14.1. The summed E-state index contributed by atoms with van der Waals surface area (Å²) in [6, 6.07) is 3.07. The number of halogens is 1. The fourth-order valence-electron chi connectivity index (χ4n) is 1.92. The van der Waals surface area contributed by atoms with E-state index in [2.05, 4.69) is 12.2 Å². The zero-order valence-electron chi connectivity index (χ0n) is 10.6. The van der Waals surface area contributed by atoms with Gasteiger partial charge in [-0.15, -0.1) is 11.3 Å². The molecule has 0 aromatic carbocycles. The summed E-state index contributed by atoms with van der Waals surface area (Å²) in [6.45, 7) is 2.85. The van der Waals surface area contributed by atoms with E-state index in [1.54, 1.807) is 6.07 Å². The Labute approximate surface area is 121 Å². The number of carbonyl (C=O) groups excluding carboxylic acids is 1. The molecule has 1 aromatic heterocycles. The first kappa shape index (κ1) is 14.8. The van der Waals surface area contributed by atoms with Gasteiger partial charge in [-0.1, -0.05) is 6.92 Å². The first-order valence-electron chi connectivity index (χ1n) is 6.15. The standard InChI is InChI=1S/C12H16ClNO3S2/c1-2-12(5-6-12)8-14-10(15)7-9-3-4-11(18-9)19(13,16)17/h3-4H,2,5-8H2,1H3,(H,14,15). The fourth-order valence-corrected chi connectivity index (χ4v) is 4.04. The lowest BCUT2D eigenvalue weighted by Gasteiger charge is -2.12. The molecule has 7 heteroatoms. The molecule has 1 N–H and O–H groups in total. The predicted molar refractivity (Wildman–Crippen MR) is 76.0 cm³/mol. The van der Waals surface area contributed by atoms with E-state index in [0.29, 0.717) is 16.8 Å². The molecule has 1 aliphatic rings. The molecule has 2 rings (SSSR count). The summed E-state index contributed by atoms with van der Waals surface area (Å²) in [7, 11) is 1.55. The Morgan fingerprint density at radius 2 is 2.16 bits per heavy atom. The Hall–Kier alpha value is -0.590. The highest BCUT2D eigenvalue weighted by Gasteiger charge is 2.40. The minimum absolute atomic E-state index is 0.0694. The third-order valence-corrected chi connectivity index (χ3v) is 6.76. The van der Waals surface area contributed by atoms with Gasteiger partial charge < -0.3 is 5.32 Å². The van der Waals surface area contributed by atoms with Gasteiger partial charge in [-0.2, -0.15) is 0 Å². The maximum Gasteiger partial charge on any atom is 0.270 e. The van der Waals surface area contributed by atoms with Gasteiger partial charge in [-0.05, 0) is 36.8 Å². The van der Waals surface area contributed by atoms with E-state index in [1.807, 2.05) is 0 Å². The monoisotopic (exact) mass is 321 g/mol. The van der Waals surface area contributed by atoms with Crippen molar-refractivity contribution in [1.29, 1.82) is 0 Å². The van der Waals surface area contributed by atoms with Gasteiger partial charge >= 0.3 is 0 Å². The Bertz CT molecular complexity index is 576. The summed E-state index contributed by atoms with van der Waals surface area (Å²) in [6.07, 6.45) is 3.65. The molecule has 106 valence electrons. The van der Waals surface area contributed by atoms with Crippen LogP contribution in [0.3, 0.4) is 0 Å². The topological polar surface area (TPSA) is 63.2 Å². The summed E-state index contributed by atoms with van der Waals surface area (Å²) in [5.41, 5.74) is 0.315. The lowest BCUT2D eigenvalue weighted by molar-refractivity contribution is -0.120. The lowest BCUT2D eigenvalue weighted by atomic mass is 10.0. The highest BCUT2D eigenvalue weighted by Crippen LogP contribution is 2.47. The van der Waals surface area contributed by atoms with Gasteiger partial charge in [-0.25, -0.2) is 8.42 Å². The average molecular weight is 322 g/mol. The molecule has 0 saturated heterocycles. The molecule has 1 aromatic rings. The van der Waals surface area contributed by atoms with Crippen molar-refractivity contribution in [2.24, 2.45) is 5.41 Å². The van der Waals surface area contributed by atoms with E-state index in [-0.39, 0.29) is 16.5 Å². The molecular weight excluding hydrogens is 306 g/mol. The van der Waals surface area contributed by atoms with E-state index in [4.69, 9.17) is 10.7 Å². The Morgan fingerprint density at radius 3 is 2.63 bits per heavy atom. The Morgan fingerprint density at radius 1 is 1.47 bits per heavy atom. The van der Waals surface area contributed by atoms with Crippen LogP contribution in [0.2, 0.25) is 0 Å². The average Bonchev–Trinajstić information content (AvgIpc) is 2.96. The van der Waals surface area contributed by atoms with Gasteiger partial charge in [0.1, 0.15) is 4.21 Å². The predicted octanol–water partition coefficient (Wildman–Crippen LogP) is 2.52. The van der Waals surface area contributed by atoms with E-state index < -0.39 is 9.05 Å². The molecule has 0 atom stereocenters. The van der Waals surface area contributed by atoms with Crippen molar-refractivity contribution in [3.8, 4) is 0 Å². The van der Waals surface area contributed by atoms with Gasteiger partial charge in [0.2, 0.25) is 5.91 Å². The van der Waals surface area contributed by atoms with Crippen molar-refractivity contribution in [3.63, 3.8) is 0 Å². The van der Waals surface area contributed by atoms with Crippen molar-refractivity contribution < 1.29 is 13.2 Å². The van der Waals surface area contributed by atoms with Crippen LogP contribution < -0.4 is 5.32 Å². The molecule has 1 amide bonds. The number of nitrogens with one attached hydrogen (secondary N) is 1. The van der Waals surface area contributed by atoms with Crippen molar-refractivity contribution in [1.82, 2.24) is 5.32 Å². The molecule has 4 nitrogen and oxygen atoms in total. The highest BCUT2D eigenvalue weighted by molar-refractivity contribution is 8.15. The Kier molecular flexibility index (Phi) is 4.23. The number of thiophene rings is 1. The third-order valence-electron chi connectivity index (χ3n) is 3.58. The lowest BCUT2D eigenvalue weighted by Crippen LogP contribution is -2.30. The quantitative estimate of drug-likeness (QED) is 0.819. The second-order valence-electron chi connectivity index (χ2n) is 4.97. The van der Waals surface area contributed by atoms with Crippen LogP contribution in [0.5, 0.6) is 0 Å². The first-order chi connectivity index (χ1) is 8.85.